The Morgan fingerprint density at radius 1 is 0.718 bits per heavy atom. The van der Waals surface area contributed by atoms with Crippen molar-refractivity contribution in [3.8, 4) is 0 Å². The molecule has 39 heavy (non-hydrogen) atoms. The average molecular weight is 503 g/mol. The zero-order valence-corrected chi connectivity index (χ0v) is 22.3. The highest BCUT2D eigenvalue weighted by Crippen LogP contribution is 2.45. The van der Waals surface area contributed by atoms with E-state index < -0.39 is 0 Å². The quantitative estimate of drug-likeness (QED) is 0.186. The fraction of sp³-hybridized carbons (Fsp3) is 0.0811. The van der Waals surface area contributed by atoms with Gasteiger partial charge in [-0.2, -0.15) is 0 Å². The van der Waals surface area contributed by atoms with Crippen molar-refractivity contribution in [2.75, 3.05) is 5.32 Å². The van der Waals surface area contributed by atoms with Gasteiger partial charge in [0.05, 0.1) is 5.69 Å². The van der Waals surface area contributed by atoms with E-state index in [1.54, 1.807) is 0 Å². The van der Waals surface area contributed by atoms with Gasteiger partial charge in [0.2, 0.25) is 0 Å². The van der Waals surface area contributed by atoms with Crippen LogP contribution < -0.4 is 11.1 Å². The van der Waals surface area contributed by atoms with Crippen molar-refractivity contribution in [3.05, 3.63) is 139 Å². The molecule has 0 unspecified atom stereocenters. The number of nitrogens with two attached hydrogens (primary N) is 1. The second kappa shape index (κ2) is 8.61. The summed E-state index contributed by atoms with van der Waals surface area (Å²) in [5, 5.41) is 13.7. The van der Waals surface area contributed by atoms with E-state index >= 15 is 0 Å². The first kappa shape index (κ1) is 23.3. The number of benzene rings is 6. The number of allylic oxidation sites excluding steroid dienone is 4. The van der Waals surface area contributed by atoms with Gasteiger partial charge >= 0.3 is 0 Å². The zero-order chi connectivity index (χ0) is 26.7. The number of hydrogen-bond acceptors (Lipinski definition) is 2. The summed E-state index contributed by atoms with van der Waals surface area (Å²) in [6.45, 7) is 8.39. The Labute approximate surface area is 228 Å². The van der Waals surface area contributed by atoms with Gasteiger partial charge in [-0.25, -0.2) is 0 Å². The minimum atomic E-state index is -0.0700. The van der Waals surface area contributed by atoms with E-state index in [9.17, 15) is 0 Å². The van der Waals surface area contributed by atoms with Gasteiger partial charge in [0.15, 0.2) is 0 Å². The third kappa shape index (κ3) is 3.97. The van der Waals surface area contributed by atoms with Crippen molar-refractivity contribution in [1.82, 2.24) is 0 Å². The molecule has 0 bridgehead atoms. The third-order valence-electron chi connectivity index (χ3n) is 7.97. The summed E-state index contributed by atoms with van der Waals surface area (Å²) in [6, 6.07) is 35.4. The molecule has 0 atom stereocenters. The molecule has 2 heteroatoms. The molecule has 6 aromatic rings. The summed E-state index contributed by atoms with van der Waals surface area (Å²) in [5.41, 5.74) is 12.3. The minimum Gasteiger partial charge on any atom is -0.399 e. The van der Waals surface area contributed by atoms with E-state index in [1.165, 1.54) is 59.8 Å². The van der Waals surface area contributed by atoms with Gasteiger partial charge in [0.1, 0.15) is 0 Å². The van der Waals surface area contributed by atoms with Crippen molar-refractivity contribution in [1.29, 1.82) is 0 Å². The molecule has 0 heterocycles. The number of fused-ring (bicyclic) bond motifs is 5. The number of nitrogens with one attached hydrogen (secondary N) is 1. The van der Waals surface area contributed by atoms with Gasteiger partial charge in [-0.1, -0.05) is 87.2 Å². The lowest BCUT2D eigenvalue weighted by Crippen LogP contribution is -2.10. The molecule has 0 saturated heterocycles. The summed E-state index contributed by atoms with van der Waals surface area (Å²) < 4.78 is 0. The first-order valence-corrected chi connectivity index (χ1v) is 13.4. The van der Waals surface area contributed by atoms with Crippen LogP contribution in [0.4, 0.5) is 11.4 Å². The predicted octanol–water partition coefficient (Wildman–Crippen LogP) is 9.75. The van der Waals surface area contributed by atoms with Crippen LogP contribution in [0, 0.1) is 0 Å². The molecule has 1 aliphatic rings. The SMILES string of the molecule is C=C(N)/C=C\C1=CC(C)(C)c2cc3cc4ccccc4c(Nc4ccc5cc6ccccc6cc5c4)c3cc21. The molecule has 0 spiro atoms. The lowest BCUT2D eigenvalue weighted by atomic mass is 9.85. The van der Waals surface area contributed by atoms with E-state index in [0.717, 1.165) is 11.4 Å². The van der Waals surface area contributed by atoms with E-state index in [1.807, 2.05) is 6.08 Å². The van der Waals surface area contributed by atoms with Crippen molar-refractivity contribution >= 4 is 60.0 Å². The van der Waals surface area contributed by atoms with Crippen molar-refractivity contribution in [2.24, 2.45) is 5.73 Å². The second-order valence-electron chi connectivity index (χ2n) is 11.2. The Morgan fingerprint density at radius 2 is 1.38 bits per heavy atom. The monoisotopic (exact) mass is 502 g/mol. The fourth-order valence-electron chi connectivity index (χ4n) is 6.06. The summed E-state index contributed by atoms with van der Waals surface area (Å²) in [7, 11) is 0. The van der Waals surface area contributed by atoms with Crippen LogP contribution in [0.1, 0.15) is 25.0 Å². The van der Waals surface area contributed by atoms with Crippen LogP contribution in [0.2, 0.25) is 0 Å². The van der Waals surface area contributed by atoms with Crippen LogP contribution in [-0.4, -0.2) is 0 Å². The zero-order valence-electron chi connectivity index (χ0n) is 22.3. The Balaban J connectivity index is 1.43. The maximum atomic E-state index is 5.87. The van der Waals surface area contributed by atoms with Crippen LogP contribution in [0.5, 0.6) is 0 Å². The summed E-state index contributed by atoms with van der Waals surface area (Å²) >= 11 is 0. The molecule has 7 rings (SSSR count). The van der Waals surface area contributed by atoms with Crippen LogP contribution >= 0.6 is 0 Å². The van der Waals surface area contributed by atoms with E-state index in [-0.39, 0.29) is 5.41 Å². The summed E-state index contributed by atoms with van der Waals surface area (Å²) in [5.74, 6) is 0. The molecule has 0 aliphatic heterocycles. The topological polar surface area (TPSA) is 38.0 Å². The van der Waals surface area contributed by atoms with Crippen LogP contribution in [-0.2, 0) is 5.41 Å². The molecular weight excluding hydrogens is 472 g/mol. The molecule has 1 aliphatic carbocycles. The average Bonchev–Trinajstić information content (AvgIpc) is 3.18. The van der Waals surface area contributed by atoms with Crippen molar-refractivity contribution < 1.29 is 0 Å². The van der Waals surface area contributed by atoms with Gasteiger partial charge in [-0.05, 0) is 97.6 Å². The highest BCUT2D eigenvalue weighted by atomic mass is 14.9. The minimum absolute atomic E-state index is 0.0700. The first-order chi connectivity index (χ1) is 18.9. The van der Waals surface area contributed by atoms with Crippen molar-refractivity contribution in [2.45, 2.75) is 19.3 Å². The maximum absolute atomic E-state index is 5.87. The largest absolute Gasteiger partial charge is 0.399 e. The Hall–Kier alpha value is -4.82. The smallest absolute Gasteiger partial charge is 0.0543 e. The standard InChI is InChI=1S/C37H30N2/c1-23(38)12-13-28-22-37(2,3)35-20-30-18-27-10-6-7-11-32(27)36(34(30)21-33(28)35)39-31-15-14-26-16-24-8-4-5-9-25(24)17-29(26)19-31/h4-22,39H,1,38H2,2-3H3/b13-12-. The Bertz CT molecular complexity index is 2040. The molecule has 6 aromatic carbocycles. The molecule has 0 aromatic heterocycles. The Kier molecular flexibility index (Phi) is 5.14. The molecule has 188 valence electrons. The van der Waals surface area contributed by atoms with Crippen LogP contribution in [0.3, 0.4) is 0 Å². The molecule has 0 amide bonds. The number of hydrogen-bond donors (Lipinski definition) is 2. The lowest BCUT2D eigenvalue weighted by Gasteiger charge is -2.20. The highest BCUT2D eigenvalue weighted by molar-refractivity contribution is 6.13. The van der Waals surface area contributed by atoms with Gasteiger partial charge in [-0.15, -0.1) is 0 Å². The predicted molar refractivity (Wildman–Crippen MR) is 170 cm³/mol. The van der Waals surface area contributed by atoms with E-state index in [2.05, 4.69) is 135 Å². The van der Waals surface area contributed by atoms with Crippen LogP contribution in [0.25, 0.3) is 48.7 Å². The third-order valence-corrected chi connectivity index (χ3v) is 7.97. The Morgan fingerprint density at radius 3 is 2.15 bits per heavy atom. The van der Waals surface area contributed by atoms with Crippen LogP contribution in [0.15, 0.2) is 128 Å². The number of anilines is 2. The van der Waals surface area contributed by atoms with Gasteiger partial charge < -0.3 is 11.1 Å². The van der Waals surface area contributed by atoms with Gasteiger partial charge in [0.25, 0.3) is 0 Å². The van der Waals surface area contributed by atoms with Gasteiger partial charge in [0, 0.05) is 27.6 Å². The molecule has 0 radical (unpaired) electrons. The molecule has 0 saturated carbocycles. The molecule has 0 fully saturated rings. The van der Waals surface area contributed by atoms with Crippen molar-refractivity contribution in [3.63, 3.8) is 0 Å². The number of rotatable bonds is 4. The fourth-order valence-corrected chi connectivity index (χ4v) is 6.06. The first-order valence-electron chi connectivity index (χ1n) is 13.4. The van der Waals surface area contributed by atoms with E-state index in [4.69, 9.17) is 5.73 Å². The summed E-state index contributed by atoms with van der Waals surface area (Å²) in [4.78, 5) is 0. The highest BCUT2D eigenvalue weighted by Gasteiger charge is 2.29. The molecule has 2 nitrogen and oxygen atoms in total. The van der Waals surface area contributed by atoms with Gasteiger partial charge in [-0.3, -0.25) is 0 Å². The lowest BCUT2D eigenvalue weighted by molar-refractivity contribution is 0.684. The maximum Gasteiger partial charge on any atom is 0.0543 e. The summed E-state index contributed by atoms with van der Waals surface area (Å²) in [6.07, 6.45) is 6.31. The molecule has 3 N–H and O–H groups in total. The van der Waals surface area contributed by atoms with E-state index in [0.29, 0.717) is 5.70 Å². The normalized spacial score (nSPS) is 14.4. The molecular formula is C37H30N2. The second-order valence-corrected chi connectivity index (χ2v) is 11.2.